The van der Waals surface area contributed by atoms with Gasteiger partial charge in [-0.3, -0.25) is 4.84 Å². The molecule has 0 unspecified atom stereocenters. The molecule has 0 radical (unpaired) electrons. The first kappa shape index (κ1) is 19.0. The van der Waals surface area contributed by atoms with Crippen molar-refractivity contribution in [3.8, 4) is 0 Å². The average Bonchev–Trinajstić information content (AvgIpc) is 3.25. The highest BCUT2D eigenvalue weighted by molar-refractivity contribution is 6.30. The van der Waals surface area contributed by atoms with Gasteiger partial charge < -0.3 is 15.3 Å². The Morgan fingerprint density at radius 1 is 1.21 bits per heavy atom. The van der Waals surface area contributed by atoms with Crippen molar-refractivity contribution < 1.29 is 20.2 Å². The Balaban J connectivity index is 1.64. The molecule has 4 rings (SSSR count). The first-order valence-electron chi connectivity index (χ1n) is 8.78. The van der Waals surface area contributed by atoms with Crippen LogP contribution < -0.4 is 5.48 Å². The number of aliphatic hydroxyl groups is 3. The summed E-state index contributed by atoms with van der Waals surface area (Å²) < 4.78 is 1.56. The summed E-state index contributed by atoms with van der Waals surface area (Å²) >= 11 is 5.90. The summed E-state index contributed by atoms with van der Waals surface area (Å²) in [6, 6.07) is 6.22. The van der Waals surface area contributed by atoms with Crippen LogP contribution in [-0.2, 0) is 4.84 Å². The van der Waals surface area contributed by atoms with E-state index in [4.69, 9.17) is 16.4 Å². The van der Waals surface area contributed by atoms with E-state index in [2.05, 4.69) is 20.5 Å². The Morgan fingerprint density at radius 3 is 2.68 bits per heavy atom. The standard InChI is InChI=1S/C18H20ClN5O4/c1-28-23-17-12-7-22-24(18(12)21-8-20-17)13-6-11(15(26)16(13)27)14(25)9-2-4-10(19)5-3-9/h2-5,7-8,11,13-16,25-27H,6H2,1H3,(H,20,21,23)/t11-,13-,14-,15-,16+/m1/s1. The number of hydrogen-bond acceptors (Lipinski definition) is 8. The zero-order chi connectivity index (χ0) is 19.8. The molecule has 10 heteroatoms. The van der Waals surface area contributed by atoms with Gasteiger partial charge in [0.05, 0.1) is 36.9 Å². The van der Waals surface area contributed by atoms with Crippen LogP contribution in [0.2, 0.25) is 5.02 Å². The van der Waals surface area contributed by atoms with Crippen molar-refractivity contribution in [3.05, 3.63) is 47.4 Å². The first-order chi connectivity index (χ1) is 13.5. The summed E-state index contributed by atoms with van der Waals surface area (Å²) in [5, 5.41) is 37.5. The third-order valence-corrected chi connectivity index (χ3v) is 5.47. The van der Waals surface area contributed by atoms with Gasteiger partial charge in [0.2, 0.25) is 0 Å². The van der Waals surface area contributed by atoms with E-state index in [0.717, 1.165) is 0 Å². The summed E-state index contributed by atoms with van der Waals surface area (Å²) in [6.07, 6.45) is 0.0736. The number of aliphatic hydroxyl groups excluding tert-OH is 3. The smallest absolute Gasteiger partial charge is 0.164 e. The van der Waals surface area contributed by atoms with Crippen LogP contribution in [0.3, 0.4) is 0 Å². The normalized spacial score (nSPS) is 25.9. The second kappa shape index (κ2) is 7.61. The second-order valence-corrected chi connectivity index (χ2v) is 7.24. The Kier molecular flexibility index (Phi) is 5.17. The number of rotatable bonds is 5. The molecule has 0 bridgehead atoms. The number of anilines is 1. The third-order valence-electron chi connectivity index (χ3n) is 5.22. The van der Waals surface area contributed by atoms with Crippen LogP contribution in [0, 0.1) is 5.92 Å². The molecule has 28 heavy (non-hydrogen) atoms. The number of fused-ring (bicyclic) bond motifs is 1. The topological polar surface area (TPSA) is 126 Å². The molecular formula is C18H20ClN5O4. The van der Waals surface area contributed by atoms with E-state index < -0.39 is 30.3 Å². The van der Waals surface area contributed by atoms with Gasteiger partial charge in [-0.2, -0.15) is 5.10 Å². The predicted octanol–water partition coefficient (Wildman–Crippen LogP) is 1.47. The van der Waals surface area contributed by atoms with Crippen LogP contribution in [0.15, 0.2) is 36.8 Å². The third kappa shape index (κ3) is 3.21. The Bertz CT molecular complexity index is 966. The van der Waals surface area contributed by atoms with Gasteiger partial charge in [-0.25, -0.2) is 20.1 Å². The van der Waals surface area contributed by atoms with Crippen molar-refractivity contribution in [3.63, 3.8) is 0 Å². The summed E-state index contributed by atoms with van der Waals surface area (Å²) in [7, 11) is 1.47. The monoisotopic (exact) mass is 405 g/mol. The van der Waals surface area contributed by atoms with Gasteiger partial charge in [0.1, 0.15) is 12.4 Å². The van der Waals surface area contributed by atoms with Crippen molar-refractivity contribution >= 4 is 28.5 Å². The second-order valence-electron chi connectivity index (χ2n) is 6.80. The van der Waals surface area contributed by atoms with E-state index in [0.29, 0.717) is 33.9 Å². The molecule has 4 N–H and O–H groups in total. The van der Waals surface area contributed by atoms with Crippen LogP contribution in [0.5, 0.6) is 0 Å². The van der Waals surface area contributed by atoms with Crippen LogP contribution in [-0.4, -0.2) is 54.4 Å². The van der Waals surface area contributed by atoms with Crippen molar-refractivity contribution in [2.24, 2.45) is 5.92 Å². The number of nitrogens with zero attached hydrogens (tertiary/aromatic N) is 4. The fourth-order valence-electron chi connectivity index (χ4n) is 3.79. The lowest BCUT2D eigenvalue weighted by molar-refractivity contribution is -0.0271. The molecule has 1 saturated carbocycles. The summed E-state index contributed by atoms with van der Waals surface area (Å²) in [4.78, 5) is 13.3. The van der Waals surface area contributed by atoms with Crippen molar-refractivity contribution in [2.45, 2.75) is 30.8 Å². The lowest BCUT2D eigenvalue weighted by Gasteiger charge is -2.22. The van der Waals surface area contributed by atoms with Crippen LogP contribution >= 0.6 is 11.6 Å². The molecule has 1 fully saturated rings. The van der Waals surface area contributed by atoms with Crippen molar-refractivity contribution in [1.29, 1.82) is 0 Å². The zero-order valence-electron chi connectivity index (χ0n) is 15.0. The molecule has 2 aromatic heterocycles. The minimum absolute atomic E-state index is 0.319. The molecular weight excluding hydrogens is 386 g/mol. The van der Waals surface area contributed by atoms with Gasteiger partial charge in [0.25, 0.3) is 0 Å². The quantitative estimate of drug-likeness (QED) is 0.470. The highest BCUT2D eigenvalue weighted by Crippen LogP contribution is 2.42. The molecule has 3 aromatic rings. The molecule has 0 spiro atoms. The van der Waals surface area contributed by atoms with Gasteiger partial charge in [0, 0.05) is 10.9 Å². The van der Waals surface area contributed by atoms with E-state index in [1.54, 1.807) is 35.1 Å². The van der Waals surface area contributed by atoms with E-state index >= 15 is 0 Å². The molecule has 1 aliphatic carbocycles. The molecule has 0 saturated heterocycles. The Labute approximate surface area is 165 Å². The molecule has 0 amide bonds. The van der Waals surface area contributed by atoms with Gasteiger partial charge >= 0.3 is 0 Å². The number of hydrogen-bond donors (Lipinski definition) is 4. The minimum atomic E-state index is -1.12. The summed E-state index contributed by atoms with van der Waals surface area (Å²) in [6.45, 7) is 0. The van der Waals surface area contributed by atoms with E-state index in [1.165, 1.54) is 13.4 Å². The molecule has 5 atom stereocenters. The zero-order valence-corrected chi connectivity index (χ0v) is 15.7. The fourth-order valence-corrected chi connectivity index (χ4v) is 3.91. The van der Waals surface area contributed by atoms with Crippen molar-refractivity contribution in [1.82, 2.24) is 19.7 Å². The van der Waals surface area contributed by atoms with Gasteiger partial charge in [-0.05, 0) is 24.1 Å². The van der Waals surface area contributed by atoms with Gasteiger partial charge in [-0.1, -0.05) is 23.7 Å². The Hall–Kier alpha value is -2.30. The minimum Gasteiger partial charge on any atom is -0.390 e. The highest BCUT2D eigenvalue weighted by Gasteiger charge is 2.46. The van der Waals surface area contributed by atoms with E-state index in [9.17, 15) is 15.3 Å². The average molecular weight is 406 g/mol. The largest absolute Gasteiger partial charge is 0.390 e. The number of halogens is 1. The Morgan fingerprint density at radius 2 is 1.96 bits per heavy atom. The predicted molar refractivity (Wildman–Crippen MR) is 102 cm³/mol. The maximum Gasteiger partial charge on any atom is 0.164 e. The highest BCUT2D eigenvalue weighted by atomic mass is 35.5. The molecule has 0 aliphatic heterocycles. The lowest BCUT2D eigenvalue weighted by atomic mass is 9.92. The molecule has 2 heterocycles. The number of aromatic nitrogens is 4. The van der Waals surface area contributed by atoms with Crippen LogP contribution in [0.25, 0.3) is 11.0 Å². The van der Waals surface area contributed by atoms with Gasteiger partial charge in [0.15, 0.2) is 11.5 Å². The van der Waals surface area contributed by atoms with E-state index in [-0.39, 0.29) is 0 Å². The summed E-state index contributed by atoms with van der Waals surface area (Å²) in [5.41, 5.74) is 3.78. The van der Waals surface area contributed by atoms with E-state index in [1.807, 2.05) is 0 Å². The molecule has 1 aromatic carbocycles. The molecule has 9 nitrogen and oxygen atoms in total. The van der Waals surface area contributed by atoms with Crippen LogP contribution in [0.4, 0.5) is 5.82 Å². The van der Waals surface area contributed by atoms with Crippen molar-refractivity contribution in [2.75, 3.05) is 12.6 Å². The summed E-state index contributed by atoms with van der Waals surface area (Å²) in [5.74, 6) is -0.122. The maximum atomic E-state index is 10.7. The van der Waals surface area contributed by atoms with Crippen LogP contribution in [0.1, 0.15) is 24.1 Å². The first-order valence-corrected chi connectivity index (χ1v) is 9.16. The maximum absolute atomic E-state index is 10.7. The fraction of sp³-hybridized carbons (Fsp3) is 0.389. The SMILES string of the molecule is CONc1ncnc2c1cnn2[C@@H]1C[C@H]([C@H](O)c2ccc(Cl)cc2)[C@@H](O)[C@H]1O. The van der Waals surface area contributed by atoms with Gasteiger partial charge in [-0.15, -0.1) is 0 Å². The number of benzene rings is 1. The number of nitrogens with one attached hydrogen (secondary N) is 1. The molecule has 1 aliphatic rings. The lowest BCUT2D eigenvalue weighted by Crippen LogP contribution is -2.31. The molecule has 148 valence electrons.